The third-order valence-electron chi connectivity index (χ3n) is 2.26. The molecule has 0 bridgehead atoms. The molecule has 0 radical (unpaired) electrons. The molecule has 0 aliphatic heterocycles. The Morgan fingerprint density at radius 3 is 2.81 bits per heavy atom. The number of thiazole rings is 1. The number of nitrogen functional groups attached to an aromatic ring is 1. The van der Waals surface area contributed by atoms with Gasteiger partial charge in [-0.2, -0.15) is 0 Å². The zero-order valence-electron chi connectivity index (χ0n) is 8.88. The maximum Gasteiger partial charge on any atom is 0.328 e. The van der Waals surface area contributed by atoms with Crippen LogP contribution < -0.4 is 17.0 Å². The smallest absolute Gasteiger partial charge is 0.300 e. The highest BCUT2D eigenvalue weighted by Gasteiger charge is 2.05. The van der Waals surface area contributed by atoms with E-state index in [2.05, 4.69) is 10.4 Å². The maximum absolute atomic E-state index is 11.8. The number of hydrazine groups is 1. The molecule has 0 spiro atoms. The van der Waals surface area contributed by atoms with Gasteiger partial charge in [0.15, 0.2) is 5.13 Å². The largest absolute Gasteiger partial charge is 0.328 e. The summed E-state index contributed by atoms with van der Waals surface area (Å²) in [5.74, 6) is 5.24. The lowest BCUT2D eigenvalue weighted by atomic mass is 10.5. The van der Waals surface area contributed by atoms with Crippen LogP contribution in [0.3, 0.4) is 0 Å². The van der Waals surface area contributed by atoms with Crippen molar-refractivity contribution in [3.8, 4) is 0 Å². The molecule has 0 aliphatic carbocycles. The van der Waals surface area contributed by atoms with E-state index in [1.54, 1.807) is 27.7 Å². The lowest BCUT2D eigenvalue weighted by molar-refractivity contribution is 0.671. The van der Waals surface area contributed by atoms with E-state index in [0.29, 0.717) is 18.2 Å². The first kappa shape index (κ1) is 10.9. The molecule has 0 amide bonds. The van der Waals surface area contributed by atoms with E-state index in [-0.39, 0.29) is 5.69 Å². The highest BCUT2D eigenvalue weighted by atomic mass is 32.1. The van der Waals surface area contributed by atoms with Gasteiger partial charge in [-0.05, 0) is 6.92 Å². The molecule has 0 aromatic carbocycles. The van der Waals surface area contributed by atoms with E-state index in [0.717, 1.165) is 4.88 Å². The van der Waals surface area contributed by atoms with Crippen LogP contribution in [0, 0.1) is 0 Å². The monoisotopic (exact) mass is 239 g/mol. The van der Waals surface area contributed by atoms with Crippen molar-refractivity contribution in [2.45, 2.75) is 20.0 Å². The van der Waals surface area contributed by atoms with Gasteiger partial charge >= 0.3 is 5.69 Å². The number of hydrogen-bond acceptors (Lipinski definition) is 5. The molecule has 2 heterocycles. The van der Waals surface area contributed by atoms with Crippen molar-refractivity contribution in [2.75, 3.05) is 5.43 Å². The lowest BCUT2D eigenvalue weighted by Crippen LogP contribution is -2.23. The first-order chi connectivity index (χ1) is 7.74. The fraction of sp³-hybridized carbons (Fsp3) is 0.333. The molecule has 16 heavy (non-hydrogen) atoms. The number of anilines is 1. The van der Waals surface area contributed by atoms with Crippen molar-refractivity contribution in [2.24, 2.45) is 5.84 Å². The fourth-order valence-electron chi connectivity index (χ4n) is 1.43. The number of nitrogens with one attached hydrogen (secondary N) is 1. The Morgan fingerprint density at radius 1 is 1.50 bits per heavy atom. The highest BCUT2D eigenvalue weighted by molar-refractivity contribution is 7.15. The SMILES string of the molecule is CCn1ccn(Cc2cnc(NN)s2)c1=O. The quantitative estimate of drug-likeness (QED) is 0.600. The first-order valence-corrected chi connectivity index (χ1v) is 5.73. The van der Waals surface area contributed by atoms with E-state index >= 15 is 0 Å². The Bertz CT molecular complexity index is 526. The summed E-state index contributed by atoms with van der Waals surface area (Å²) in [6.07, 6.45) is 5.28. The summed E-state index contributed by atoms with van der Waals surface area (Å²) in [5, 5.41) is 0.651. The van der Waals surface area contributed by atoms with E-state index in [9.17, 15) is 4.79 Å². The summed E-state index contributed by atoms with van der Waals surface area (Å²) >= 11 is 1.44. The molecule has 0 unspecified atom stereocenters. The van der Waals surface area contributed by atoms with Gasteiger partial charge in [-0.1, -0.05) is 11.3 Å². The van der Waals surface area contributed by atoms with Crippen LogP contribution in [-0.2, 0) is 13.1 Å². The molecule has 7 heteroatoms. The predicted molar refractivity (Wildman–Crippen MR) is 63.4 cm³/mol. The van der Waals surface area contributed by atoms with Crippen LogP contribution >= 0.6 is 11.3 Å². The van der Waals surface area contributed by atoms with Gasteiger partial charge in [-0.15, -0.1) is 0 Å². The minimum Gasteiger partial charge on any atom is -0.300 e. The number of nitrogens with two attached hydrogens (primary N) is 1. The van der Waals surface area contributed by atoms with Gasteiger partial charge in [-0.25, -0.2) is 15.6 Å². The highest BCUT2D eigenvalue weighted by Crippen LogP contribution is 2.17. The van der Waals surface area contributed by atoms with Gasteiger partial charge < -0.3 is 0 Å². The molecule has 0 saturated carbocycles. The molecular weight excluding hydrogens is 226 g/mol. The van der Waals surface area contributed by atoms with Crippen LogP contribution in [0.1, 0.15) is 11.8 Å². The van der Waals surface area contributed by atoms with E-state index in [1.165, 1.54) is 11.3 Å². The molecule has 0 aliphatic rings. The number of hydrogen-bond donors (Lipinski definition) is 2. The third-order valence-corrected chi connectivity index (χ3v) is 3.18. The normalized spacial score (nSPS) is 10.6. The second-order valence-electron chi connectivity index (χ2n) is 3.27. The lowest BCUT2D eigenvalue weighted by Gasteiger charge is -1.97. The first-order valence-electron chi connectivity index (χ1n) is 4.91. The number of aryl methyl sites for hydroxylation is 1. The summed E-state index contributed by atoms with van der Waals surface area (Å²) in [6, 6.07) is 0. The van der Waals surface area contributed by atoms with Crippen LogP contribution in [0.15, 0.2) is 23.4 Å². The second kappa shape index (κ2) is 4.50. The number of rotatable bonds is 4. The average Bonchev–Trinajstić information content (AvgIpc) is 2.88. The summed E-state index contributed by atoms with van der Waals surface area (Å²) in [4.78, 5) is 16.8. The van der Waals surface area contributed by atoms with Gasteiger partial charge in [0.2, 0.25) is 0 Å². The van der Waals surface area contributed by atoms with Gasteiger partial charge in [-0.3, -0.25) is 14.6 Å². The van der Waals surface area contributed by atoms with Crippen molar-refractivity contribution >= 4 is 16.5 Å². The molecule has 6 nitrogen and oxygen atoms in total. The zero-order chi connectivity index (χ0) is 11.5. The van der Waals surface area contributed by atoms with Crippen LogP contribution in [0.25, 0.3) is 0 Å². The number of nitrogens with zero attached hydrogens (tertiary/aromatic N) is 3. The van der Waals surface area contributed by atoms with Crippen LogP contribution in [0.4, 0.5) is 5.13 Å². The Morgan fingerprint density at radius 2 is 2.25 bits per heavy atom. The molecule has 0 atom stereocenters. The average molecular weight is 239 g/mol. The molecule has 2 rings (SSSR count). The molecule has 3 N–H and O–H groups in total. The standard InChI is InChI=1S/C9H13N5OS/c1-2-13-3-4-14(9(13)15)6-7-5-11-8(12-10)16-7/h3-5H,2,6,10H2,1H3,(H,11,12). The van der Waals surface area contributed by atoms with Gasteiger partial charge in [0, 0.05) is 30.0 Å². The third kappa shape index (κ3) is 2.00. The maximum atomic E-state index is 11.8. The fourth-order valence-corrected chi connectivity index (χ4v) is 2.15. The molecular formula is C9H13N5OS. The van der Waals surface area contributed by atoms with Gasteiger partial charge in [0.05, 0.1) is 6.54 Å². The van der Waals surface area contributed by atoms with Crippen LogP contribution in [0.5, 0.6) is 0 Å². The summed E-state index contributed by atoms with van der Waals surface area (Å²) in [7, 11) is 0. The Balaban J connectivity index is 2.20. The van der Waals surface area contributed by atoms with Crippen molar-refractivity contribution < 1.29 is 0 Å². The molecule has 2 aromatic heterocycles. The number of imidazole rings is 1. The number of aromatic nitrogens is 3. The molecule has 86 valence electrons. The van der Waals surface area contributed by atoms with E-state index in [1.807, 2.05) is 6.92 Å². The van der Waals surface area contributed by atoms with Crippen LogP contribution in [-0.4, -0.2) is 14.1 Å². The topological polar surface area (TPSA) is 77.9 Å². The van der Waals surface area contributed by atoms with Crippen molar-refractivity contribution in [1.82, 2.24) is 14.1 Å². The predicted octanol–water partition coefficient (Wildman–Crippen LogP) is 0.460. The Kier molecular flexibility index (Phi) is 3.07. The van der Waals surface area contributed by atoms with Gasteiger partial charge in [0.25, 0.3) is 0 Å². The molecule has 0 saturated heterocycles. The summed E-state index contributed by atoms with van der Waals surface area (Å²) in [6.45, 7) is 3.16. The molecule has 0 fully saturated rings. The Hall–Kier alpha value is -1.60. The van der Waals surface area contributed by atoms with Crippen LogP contribution in [0.2, 0.25) is 0 Å². The molecule has 2 aromatic rings. The minimum absolute atomic E-state index is 0.00171. The van der Waals surface area contributed by atoms with E-state index in [4.69, 9.17) is 5.84 Å². The van der Waals surface area contributed by atoms with E-state index < -0.39 is 0 Å². The summed E-state index contributed by atoms with van der Waals surface area (Å²) in [5.41, 5.74) is 2.48. The van der Waals surface area contributed by atoms with Gasteiger partial charge in [0.1, 0.15) is 0 Å². The Labute approximate surface area is 96.3 Å². The second-order valence-corrected chi connectivity index (χ2v) is 4.39. The minimum atomic E-state index is -0.00171. The van der Waals surface area contributed by atoms with Crippen molar-refractivity contribution in [3.63, 3.8) is 0 Å². The zero-order valence-corrected chi connectivity index (χ0v) is 9.70. The van der Waals surface area contributed by atoms with Crippen molar-refractivity contribution in [1.29, 1.82) is 0 Å². The van der Waals surface area contributed by atoms with Crippen molar-refractivity contribution in [3.05, 3.63) is 34.0 Å². The summed E-state index contributed by atoms with van der Waals surface area (Å²) < 4.78 is 3.31.